The number of hydrogen-bond donors (Lipinski definition) is 0. The highest BCUT2D eigenvalue weighted by molar-refractivity contribution is 7.98. The van der Waals surface area contributed by atoms with Gasteiger partial charge in [0.15, 0.2) is 11.5 Å². The molecule has 0 atom stereocenters. The van der Waals surface area contributed by atoms with E-state index >= 15 is 0 Å². The van der Waals surface area contributed by atoms with Gasteiger partial charge in [-0.1, -0.05) is 12.1 Å². The number of hydrogen-bond acceptors (Lipinski definition) is 6. The van der Waals surface area contributed by atoms with Gasteiger partial charge in [-0.2, -0.15) is 0 Å². The highest BCUT2D eigenvalue weighted by Crippen LogP contribution is 2.42. The standard InChI is InChI=1S/C20H20N2O3S/c1-23-17-9-14(10-18(24-2)20(17)25-3)19-16(11-21-12-22-19)13-5-7-15(26-4)8-6-13/h5-12H,1-4H3. The SMILES string of the molecule is COc1cc(-c2ncncc2-c2ccc(SC)cc2)cc(OC)c1OC. The molecule has 0 aliphatic carbocycles. The Morgan fingerprint density at radius 2 is 1.50 bits per heavy atom. The number of nitrogens with zero attached hydrogens (tertiary/aromatic N) is 2. The van der Waals surface area contributed by atoms with Crippen LogP contribution >= 0.6 is 11.8 Å². The van der Waals surface area contributed by atoms with Crippen LogP contribution in [0.1, 0.15) is 0 Å². The molecule has 0 saturated carbocycles. The number of aromatic nitrogens is 2. The Balaban J connectivity index is 2.16. The summed E-state index contributed by atoms with van der Waals surface area (Å²) in [5, 5.41) is 0. The monoisotopic (exact) mass is 368 g/mol. The lowest BCUT2D eigenvalue weighted by atomic mass is 10.0. The Morgan fingerprint density at radius 3 is 2.04 bits per heavy atom. The minimum Gasteiger partial charge on any atom is -0.493 e. The molecule has 0 spiro atoms. The predicted molar refractivity (Wildman–Crippen MR) is 104 cm³/mol. The van der Waals surface area contributed by atoms with Gasteiger partial charge in [0.1, 0.15) is 6.33 Å². The largest absolute Gasteiger partial charge is 0.493 e. The van der Waals surface area contributed by atoms with Crippen molar-refractivity contribution < 1.29 is 14.2 Å². The quantitative estimate of drug-likeness (QED) is 0.595. The van der Waals surface area contributed by atoms with Crippen molar-refractivity contribution in [1.29, 1.82) is 0 Å². The molecule has 0 amide bonds. The molecule has 1 aromatic heterocycles. The molecular formula is C20H20N2O3S. The van der Waals surface area contributed by atoms with E-state index in [0.29, 0.717) is 17.2 Å². The third kappa shape index (κ3) is 3.46. The van der Waals surface area contributed by atoms with Gasteiger partial charge in [-0.15, -0.1) is 11.8 Å². The zero-order valence-corrected chi connectivity index (χ0v) is 16.0. The van der Waals surface area contributed by atoms with E-state index < -0.39 is 0 Å². The average molecular weight is 368 g/mol. The first-order valence-electron chi connectivity index (χ1n) is 7.96. The molecule has 0 fully saturated rings. The van der Waals surface area contributed by atoms with E-state index in [1.54, 1.807) is 33.1 Å². The van der Waals surface area contributed by atoms with E-state index in [1.165, 1.54) is 11.2 Å². The van der Waals surface area contributed by atoms with Crippen LogP contribution in [-0.2, 0) is 0 Å². The molecule has 0 saturated heterocycles. The molecule has 3 aromatic rings. The van der Waals surface area contributed by atoms with Crippen LogP contribution in [0.25, 0.3) is 22.4 Å². The number of methoxy groups -OCH3 is 3. The normalized spacial score (nSPS) is 10.5. The van der Waals surface area contributed by atoms with Crippen molar-refractivity contribution in [2.24, 2.45) is 0 Å². The molecule has 0 aliphatic heterocycles. The van der Waals surface area contributed by atoms with Crippen molar-refractivity contribution in [2.75, 3.05) is 27.6 Å². The Hall–Kier alpha value is -2.73. The second kappa shape index (κ2) is 8.10. The fourth-order valence-corrected chi connectivity index (χ4v) is 3.17. The first-order chi connectivity index (χ1) is 12.7. The molecule has 5 nitrogen and oxygen atoms in total. The first kappa shape index (κ1) is 18.1. The summed E-state index contributed by atoms with van der Waals surface area (Å²) < 4.78 is 16.3. The second-order valence-corrected chi connectivity index (χ2v) is 6.31. The maximum absolute atomic E-state index is 5.47. The topological polar surface area (TPSA) is 53.5 Å². The summed E-state index contributed by atoms with van der Waals surface area (Å²) in [6, 6.07) is 12.1. The second-order valence-electron chi connectivity index (χ2n) is 5.43. The summed E-state index contributed by atoms with van der Waals surface area (Å²) in [7, 11) is 4.79. The maximum Gasteiger partial charge on any atom is 0.203 e. The fraction of sp³-hybridized carbons (Fsp3) is 0.200. The lowest BCUT2D eigenvalue weighted by molar-refractivity contribution is 0.324. The summed E-state index contributed by atoms with van der Waals surface area (Å²) >= 11 is 1.71. The third-order valence-corrected chi connectivity index (χ3v) is 4.80. The summed E-state index contributed by atoms with van der Waals surface area (Å²) in [4.78, 5) is 9.92. The minimum absolute atomic E-state index is 0.554. The van der Waals surface area contributed by atoms with Crippen LogP contribution in [0.15, 0.2) is 53.8 Å². The van der Waals surface area contributed by atoms with Gasteiger partial charge < -0.3 is 14.2 Å². The molecular weight excluding hydrogens is 348 g/mol. The minimum atomic E-state index is 0.554. The van der Waals surface area contributed by atoms with Gasteiger partial charge in [0.05, 0.1) is 27.0 Å². The molecule has 0 bridgehead atoms. The molecule has 134 valence electrons. The Kier molecular flexibility index (Phi) is 5.63. The van der Waals surface area contributed by atoms with E-state index in [2.05, 4.69) is 40.5 Å². The summed E-state index contributed by atoms with van der Waals surface area (Å²) in [6.07, 6.45) is 5.42. The van der Waals surface area contributed by atoms with Crippen LogP contribution in [0.5, 0.6) is 17.2 Å². The van der Waals surface area contributed by atoms with Crippen LogP contribution in [0, 0.1) is 0 Å². The third-order valence-electron chi connectivity index (χ3n) is 4.05. The smallest absolute Gasteiger partial charge is 0.203 e. The number of ether oxygens (including phenoxy) is 3. The zero-order chi connectivity index (χ0) is 18.5. The lowest BCUT2D eigenvalue weighted by Gasteiger charge is -2.15. The van der Waals surface area contributed by atoms with Crippen molar-refractivity contribution in [3.05, 3.63) is 48.9 Å². The highest BCUT2D eigenvalue weighted by Gasteiger charge is 2.17. The van der Waals surface area contributed by atoms with Crippen molar-refractivity contribution in [3.63, 3.8) is 0 Å². The van der Waals surface area contributed by atoms with Crippen molar-refractivity contribution in [1.82, 2.24) is 9.97 Å². The van der Waals surface area contributed by atoms with E-state index in [1.807, 2.05) is 18.3 Å². The van der Waals surface area contributed by atoms with Gasteiger partial charge >= 0.3 is 0 Å². The zero-order valence-electron chi connectivity index (χ0n) is 15.1. The van der Waals surface area contributed by atoms with Gasteiger partial charge in [0, 0.05) is 22.2 Å². The van der Waals surface area contributed by atoms with Crippen LogP contribution in [-0.4, -0.2) is 37.6 Å². The van der Waals surface area contributed by atoms with Crippen molar-refractivity contribution in [2.45, 2.75) is 4.90 Å². The van der Waals surface area contributed by atoms with Gasteiger partial charge in [0.25, 0.3) is 0 Å². The van der Waals surface area contributed by atoms with E-state index in [4.69, 9.17) is 14.2 Å². The molecule has 0 unspecified atom stereocenters. The van der Waals surface area contributed by atoms with Gasteiger partial charge in [-0.3, -0.25) is 0 Å². The molecule has 6 heteroatoms. The molecule has 3 rings (SSSR count). The van der Waals surface area contributed by atoms with Crippen molar-refractivity contribution >= 4 is 11.8 Å². The Labute approximate surface area is 157 Å². The van der Waals surface area contributed by atoms with Crippen LogP contribution in [0.4, 0.5) is 0 Å². The average Bonchev–Trinajstić information content (AvgIpc) is 2.72. The molecule has 0 aliphatic rings. The number of benzene rings is 2. The van der Waals surface area contributed by atoms with E-state index in [0.717, 1.165) is 22.4 Å². The molecule has 0 N–H and O–H groups in total. The fourth-order valence-electron chi connectivity index (χ4n) is 2.76. The summed E-state index contributed by atoms with van der Waals surface area (Å²) in [6.45, 7) is 0. The molecule has 26 heavy (non-hydrogen) atoms. The molecule has 1 heterocycles. The van der Waals surface area contributed by atoms with E-state index in [-0.39, 0.29) is 0 Å². The van der Waals surface area contributed by atoms with Crippen LogP contribution in [0.3, 0.4) is 0 Å². The highest BCUT2D eigenvalue weighted by atomic mass is 32.2. The number of rotatable bonds is 6. The number of thioether (sulfide) groups is 1. The summed E-state index contributed by atoms with van der Waals surface area (Å²) in [5.41, 5.74) is 3.66. The lowest BCUT2D eigenvalue weighted by Crippen LogP contribution is -1.97. The maximum atomic E-state index is 5.47. The molecule has 2 aromatic carbocycles. The summed E-state index contributed by atoms with van der Waals surface area (Å²) in [5.74, 6) is 1.73. The Morgan fingerprint density at radius 1 is 0.846 bits per heavy atom. The van der Waals surface area contributed by atoms with Gasteiger partial charge in [0.2, 0.25) is 5.75 Å². The van der Waals surface area contributed by atoms with Crippen molar-refractivity contribution in [3.8, 4) is 39.6 Å². The Bertz CT molecular complexity index is 873. The van der Waals surface area contributed by atoms with Crippen LogP contribution in [0.2, 0.25) is 0 Å². The van der Waals surface area contributed by atoms with Crippen LogP contribution < -0.4 is 14.2 Å². The molecule has 0 radical (unpaired) electrons. The van der Waals surface area contributed by atoms with Gasteiger partial charge in [-0.05, 0) is 36.1 Å². The van der Waals surface area contributed by atoms with Gasteiger partial charge in [-0.25, -0.2) is 9.97 Å². The first-order valence-corrected chi connectivity index (χ1v) is 9.19. The van der Waals surface area contributed by atoms with E-state index in [9.17, 15) is 0 Å². The predicted octanol–water partition coefficient (Wildman–Crippen LogP) is 4.56.